The van der Waals surface area contributed by atoms with Crippen molar-refractivity contribution in [3.63, 3.8) is 0 Å². The van der Waals surface area contributed by atoms with E-state index in [1.54, 1.807) is 6.20 Å². The number of hydrogen-bond donors (Lipinski definition) is 1. The van der Waals surface area contributed by atoms with Crippen LogP contribution in [0.4, 0.5) is 0 Å². The van der Waals surface area contributed by atoms with Crippen molar-refractivity contribution in [1.29, 1.82) is 0 Å². The van der Waals surface area contributed by atoms with Crippen molar-refractivity contribution in [3.8, 4) is 0 Å². The Labute approximate surface area is 125 Å². The second-order valence-electron chi connectivity index (χ2n) is 5.64. The SMILES string of the molecule is CCNC1CCCCC1c1nc(Cc2cccnc2)no1. The van der Waals surface area contributed by atoms with Crippen LogP contribution in [0, 0.1) is 0 Å². The molecule has 2 unspecified atom stereocenters. The second-order valence-corrected chi connectivity index (χ2v) is 5.64. The minimum Gasteiger partial charge on any atom is -0.339 e. The topological polar surface area (TPSA) is 63.8 Å². The molecule has 2 aromatic rings. The van der Waals surface area contributed by atoms with Gasteiger partial charge in [0.1, 0.15) is 0 Å². The summed E-state index contributed by atoms with van der Waals surface area (Å²) < 4.78 is 5.53. The van der Waals surface area contributed by atoms with E-state index in [9.17, 15) is 0 Å². The molecule has 2 atom stereocenters. The molecule has 0 saturated heterocycles. The van der Waals surface area contributed by atoms with Gasteiger partial charge < -0.3 is 9.84 Å². The van der Waals surface area contributed by atoms with E-state index in [-0.39, 0.29) is 0 Å². The molecule has 5 heteroatoms. The zero-order chi connectivity index (χ0) is 14.5. The molecule has 0 spiro atoms. The fourth-order valence-electron chi connectivity index (χ4n) is 3.11. The molecule has 0 aliphatic heterocycles. The number of likely N-dealkylation sites (N-methyl/N-ethyl adjacent to an activating group) is 1. The average Bonchev–Trinajstić information content (AvgIpc) is 2.97. The average molecular weight is 286 g/mol. The van der Waals surface area contributed by atoms with E-state index in [0.717, 1.165) is 30.2 Å². The maximum atomic E-state index is 5.53. The number of aromatic nitrogens is 3. The van der Waals surface area contributed by atoms with Gasteiger partial charge in [0.2, 0.25) is 5.89 Å². The van der Waals surface area contributed by atoms with Crippen molar-refractivity contribution < 1.29 is 4.52 Å². The molecule has 0 radical (unpaired) electrons. The summed E-state index contributed by atoms with van der Waals surface area (Å²) in [7, 11) is 0. The Morgan fingerprint density at radius 1 is 1.33 bits per heavy atom. The molecule has 1 saturated carbocycles. The van der Waals surface area contributed by atoms with E-state index in [0.29, 0.717) is 18.4 Å². The highest BCUT2D eigenvalue weighted by Crippen LogP contribution is 2.32. The Kier molecular flexibility index (Phi) is 4.60. The Bertz CT molecular complexity index is 552. The highest BCUT2D eigenvalue weighted by Gasteiger charge is 2.30. The van der Waals surface area contributed by atoms with Gasteiger partial charge in [-0.15, -0.1) is 0 Å². The molecule has 0 aromatic carbocycles. The van der Waals surface area contributed by atoms with Gasteiger partial charge in [0, 0.05) is 24.9 Å². The van der Waals surface area contributed by atoms with Crippen LogP contribution in [0.25, 0.3) is 0 Å². The lowest BCUT2D eigenvalue weighted by atomic mass is 9.84. The Morgan fingerprint density at radius 3 is 3.05 bits per heavy atom. The number of nitrogens with zero attached hydrogens (tertiary/aromatic N) is 3. The summed E-state index contributed by atoms with van der Waals surface area (Å²) in [6.07, 6.45) is 9.14. The lowest BCUT2D eigenvalue weighted by Gasteiger charge is -2.29. The molecule has 0 amide bonds. The molecule has 0 bridgehead atoms. The summed E-state index contributed by atoms with van der Waals surface area (Å²) in [5.41, 5.74) is 1.11. The van der Waals surface area contributed by atoms with E-state index in [1.165, 1.54) is 19.3 Å². The Morgan fingerprint density at radius 2 is 2.24 bits per heavy atom. The number of nitrogens with one attached hydrogen (secondary N) is 1. The van der Waals surface area contributed by atoms with Crippen LogP contribution in [-0.4, -0.2) is 27.7 Å². The third-order valence-electron chi connectivity index (χ3n) is 4.12. The predicted molar refractivity (Wildman–Crippen MR) is 80.0 cm³/mol. The zero-order valence-electron chi connectivity index (χ0n) is 12.5. The van der Waals surface area contributed by atoms with Crippen molar-refractivity contribution >= 4 is 0 Å². The molecule has 112 valence electrons. The first-order valence-corrected chi connectivity index (χ1v) is 7.81. The molecule has 1 aliphatic carbocycles. The van der Waals surface area contributed by atoms with Crippen molar-refractivity contribution in [3.05, 3.63) is 41.8 Å². The van der Waals surface area contributed by atoms with E-state index in [2.05, 4.69) is 27.4 Å². The molecule has 5 nitrogen and oxygen atoms in total. The maximum absolute atomic E-state index is 5.53. The van der Waals surface area contributed by atoms with E-state index in [1.807, 2.05) is 18.3 Å². The standard InChI is InChI=1S/C16H22N4O/c1-2-18-14-8-4-3-7-13(14)16-19-15(20-21-16)10-12-6-5-9-17-11-12/h5-6,9,11,13-14,18H,2-4,7-8,10H2,1H3. The molecular weight excluding hydrogens is 264 g/mol. The zero-order valence-corrected chi connectivity index (χ0v) is 12.5. The largest absolute Gasteiger partial charge is 0.339 e. The maximum Gasteiger partial charge on any atom is 0.231 e. The van der Waals surface area contributed by atoms with E-state index < -0.39 is 0 Å². The molecule has 3 rings (SSSR count). The van der Waals surface area contributed by atoms with Gasteiger partial charge in [-0.2, -0.15) is 4.98 Å². The van der Waals surface area contributed by atoms with Crippen molar-refractivity contribution in [2.75, 3.05) is 6.54 Å². The van der Waals surface area contributed by atoms with Gasteiger partial charge >= 0.3 is 0 Å². The summed E-state index contributed by atoms with van der Waals surface area (Å²) in [6.45, 7) is 3.13. The van der Waals surface area contributed by atoms with Crippen molar-refractivity contribution in [1.82, 2.24) is 20.4 Å². The van der Waals surface area contributed by atoms with E-state index in [4.69, 9.17) is 4.52 Å². The van der Waals surface area contributed by atoms with Gasteiger partial charge in [0.15, 0.2) is 5.82 Å². The summed E-state index contributed by atoms with van der Waals surface area (Å²) in [4.78, 5) is 8.73. The monoisotopic (exact) mass is 286 g/mol. The first kappa shape index (κ1) is 14.2. The van der Waals surface area contributed by atoms with Crippen molar-refractivity contribution in [2.24, 2.45) is 0 Å². The minimum atomic E-state index is 0.355. The fourth-order valence-corrected chi connectivity index (χ4v) is 3.11. The normalized spacial score (nSPS) is 22.3. The van der Waals surface area contributed by atoms with Gasteiger partial charge in [0.05, 0.1) is 5.92 Å². The van der Waals surface area contributed by atoms with Crippen molar-refractivity contribution in [2.45, 2.75) is 51.0 Å². The van der Waals surface area contributed by atoms with Crippen LogP contribution >= 0.6 is 0 Å². The summed E-state index contributed by atoms with van der Waals surface area (Å²) >= 11 is 0. The number of pyridine rings is 1. The third kappa shape index (κ3) is 3.47. The van der Waals surface area contributed by atoms with E-state index >= 15 is 0 Å². The van der Waals surface area contributed by atoms with Gasteiger partial charge in [-0.3, -0.25) is 4.98 Å². The molecule has 2 aromatic heterocycles. The molecule has 1 fully saturated rings. The van der Waals surface area contributed by atoms with Crippen LogP contribution in [0.3, 0.4) is 0 Å². The van der Waals surface area contributed by atoms with Crippen LogP contribution < -0.4 is 5.32 Å². The van der Waals surface area contributed by atoms with Crippen LogP contribution in [0.15, 0.2) is 29.0 Å². The first-order chi connectivity index (χ1) is 10.4. The van der Waals surface area contributed by atoms with Crippen LogP contribution in [0.1, 0.15) is 55.8 Å². The lowest BCUT2D eigenvalue weighted by Crippen LogP contribution is -2.37. The van der Waals surface area contributed by atoms with Gasteiger partial charge in [-0.1, -0.05) is 31.0 Å². The van der Waals surface area contributed by atoms with Gasteiger partial charge in [-0.05, 0) is 31.0 Å². The summed E-state index contributed by atoms with van der Waals surface area (Å²) in [6, 6.07) is 4.43. The second kappa shape index (κ2) is 6.80. The molecule has 2 heterocycles. The highest BCUT2D eigenvalue weighted by atomic mass is 16.5. The molecule has 1 aliphatic rings. The van der Waals surface area contributed by atoms with Crippen LogP contribution in [0.5, 0.6) is 0 Å². The fraction of sp³-hybridized carbons (Fsp3) is 0.562. The predicted octanol–water partition coefficient (Wildman–Crippen LogP) is 2.69. The lowest BCUT2D eigenvalue weighted by molar-refractivity contribution is 0.264. The van der Waals surface area contributed by atoms with Crippen LogP contribution in [0.2, 0.25) is 0 Å². The van der Waals surface area contributed by atoms with Crippen LogP contribution in [-0.2, 0) is 6.42 Å². The Balaban J connectivity index is 1.71. The molecule has 1 N–H and O–H groups in total. The third-order valence-corrected chi connectivity index (χ3v) is 4.12. The van der Waals surface area contributed by atoms with Gasteiger partial charge in [0.25, 0.3) is 0 Å². The first-order valence-electron chi connectivity index (χ1n) is 7.81. The smallest absolute Gasteiger partial charge is 0.231 e. The number of hydrogen-bond acceptors (Lipinski definition) is 5. The molecular formula is C16H22N4O. The summed E-state index contributed by atoms with van der Waals surface area (Å²) in [5.74, 6) is 1.90. The molecule has 21 heavy (non-hydrogen) atoms. The minimum absolute atomic E-state index is 0.355. The Hall–Kier alpha value is -1.75. The quantitative estimate of drug-likeness (QED) is 0.915. The number of rotatable bonds is 5. The highest BCUT2D eigenvalue weighted by molar-refractivity contribution is 5.14. The van der Waals surface area contributed by atoms with Gasteiger partial charge in [-0.25, -0.2) is 0 Å². The summed E-state index contributed by atoms with van der Waals surface area (Å²) in [5, 5.41) is 7.69.